The molecule has 0 radical (unpaired) electrons. The van der Waals surface area contributed by atoms with Crippen LogP contribution in [-0.2, 0) is 16.1 Å². The fourth-order valence-corrected chi connectivity index (χ4v) is 3.21. The summed E-state index contributed by atoms with van der Waals surface area (Å²) in [5.74, 6) is 0.963. The van der Waals surface area contributed by atoms with E-state index >= 15 is 0 Å². The molecule has 0 atom stereocenters. The van der Waals surface area contributed by atoms with Crippen LogP contribution in [0.25, 0.3) is 0 Å². The standard InChI is InChI=1S/C21H33N5O2/c1-3-22-21(23-12-8-14-26-13-6-4-5-11-20(26)28)24-16-18-9-7-10-19(15-18)25-17(2)27/h7,9-10,15H,3-6,8,11-14,16H2,1-2H3,(H,25,27)(H2,22,23,24). The molecular formula is C21H33N5O2. The fourth-order valence-electron chi connectivity index (χ4n) is 3.21. The number of nitrogens with zero attached hydrogens (tertiary/aromatic N) is 2. The van der Waals surface area contributed by atoms with E-state index in [9.17, 15) is 9.59 Å². The van der Waals surface area contributed by atoms with Crippen molar-refractivity contribution in [1.29, 1.82) is 0 Å². The molecule has 1 aromatic rings. The number of anilines is 1. The van der Waals surface area contributed by atoms with Crippen LogP contribution in [0, 0.1) is 0 Å². The van der Waals surface area contributed by atoms with Crippen molar-refractivity contribution in [1.82, 2.24) is 15.5 Å². The van der Waals surface area contributed by atoms with E-state index in [-0.39, 0.29) is 11.8 Å². The summed E-state index contributed by atoms with van der Waals surface area (Å²) in [6, 6.07) is 7.69. The quantitative estimate of drug-likeness (QED) is 0.363. The Kier molecular flexibility index (Phi) is 9.31. The molecule has 1 aliphatic heterocycles. The first-order valence-electron chi connectivity index (χ1n) is 10.2. The van der Waals surface area contributed by atoms with Gasteiger partial charge in [-0.3, -0.25) is 9.59 Å². The van der Waals surface area contributed by atoms with Gasteiger partial charge in [-0.05, 0) is 43.9 Å². The second kappa shape index (κ2) is 12.0. The lowest BCUT2D eigenvalue weighted by atomic mass is 10.2. The van der Waals surface area contributed by atoms with Gasteiger partial charge in [0.2, 0.25) is 11.8 Å². The highest BCUT2D eigenvalue weighted by Crippen LogP contribution is 2.12. The molecule has 7 nitrogen and oxygen atoms in total. The van der Waals surface area contributed by atoms with Gasteiger partial charge in [0, 0.05) is 45.2 Å². The molecule has 0 unspecified atom stereocenters. The largest absolute Gasteiger partial charge is 0.357 e. The Bertz CT molecular complexity index is 675. The molecule has 0 bridgehead atoms. The molecular weight excluding hydrogens is 354 g/mol. The molecule has 1 heterocycles. The predicted molar refractivity (Wildman–Crippen MR) is 113 cm³/mol. The predicted octanol–water partition coefficient (Wildman–Crippen LogP) is 2.49. The van der Waals surface area contributed by atoms with Crippen LogP contribution in [0.5, 0.6) is 0 Å². The highest BCUT2D eigenvalue weighted by Gasteiger charge is 2.15. The van der Waals surface area contributed by atoms with Crippen molar-refractivity contribution < 1.29 is 9.59 Å². The van der Waals surface area contributed by atoms with Crippen LogP contribution in [0.15, 0.2) is 29.3 Å². The third-order valence-corrected chi connectivity index (χ3v) is 4.58. The van der Waals surface area contributed by atoms with Gasteiger partial charge in [0.05, 0.1) is 6.54 Å². The minimum atomic E-state index is -0.0847. The third-order valence-electron chi connectivity index (χ3n) is 4.58. The van der Waals surface area contributed by atoms with E-state index in [1.54, 1.807) is 0 Å². The summed E-state index contributed by atoms with van der Waals surface area (Å²) in [6.45, 7) is 7.28. The Morgan fingerprint density at radius 3 is 2.86 bits per heavy atom. The summed E-state index contributed by atoms with van der Waals surface area (Å²) in [7, 11) is 0. The first-order chi connectivity index (χ1) is 13.6. The van der Waals surface area contributed by atoms with Gasteiger partial charge in [0.1, 0.15) is 0 Å². The Morgan fingerprint density at radius 1 is 1.21 bits per heavy atom. The van der Waals surface area contributed by atoms with Gasteiger partial charge in [-0.25, -0.2) is 4.99 Å². The number of carbonyl (C=O) groups excluding carboxylic acids is 2. The van der Waals surface area contributed by atoms with Crippen LogP contribution < -0.4 is 16.0 Å². The zero-order chi connectivity index (χ0) is 20.2. The molecule has 3 N–H and O–H groups in total. The minimum Gasteiger partial charge on any atom is -0.357 e. The number of benzene rings is 1. The number of aliphatic imine (C=N–C) groups is 1. The van der Waals surface area contributed by atoms with Crippen molar-refractivity contribution >= 4 is 23.5 Å². The van der Waals surface area contributed by atoms with Crippen molar-refractivity contribution in [2.24, 2.45) is 4.99 Å². The number of amides is 2. The van der Waals surface area contributed by atoms with E-state index in [0.717, 1.165) is 69.1 Å². The van der Waals surface area contributed by atoms with Crippen molar-refractivity contribution in [2.75, 3.05) is 31.5 Å². The topological polar surface area (TPSA) is 85.8 Å². The third kappa shape index (κ3) is 7.98. The monoisotopic (exact) mass is 387 g/mol. The molecule has 1 aliphatic rings. The normalized spacial score (nSPS) is 15.1. The molecule has 1 saturated heterocycles. The smallest absolute Gasteiger partial charge is 0.222 e. The fraction of sp³-hybridized carbons (Fsp3) is 0.571. The van der Waals surface area contributed by atoms with Gasteiger partial charge in [0.25, 0.3) is 0 Å². The first kappa shape index (κ1) is 21.7. The van der Waals surface area contributed by atoms with Crippen molar-refractivity contribution in [2.45, 2.75) is 52.5 Å². The van der Waals surface area contributed by atoms with Crippen LogP contribution in [0.1, 0.15) is 51.5 Å². The summed E-state index contributed by atoms with van der Waals surface area (Å²) in [6.07, 6.45) is 4.87. The number of hydrogen-bond donors (Lipinski definition) is 3. The van der Waals surface area contributed by atoms with Gasteiger partial charge in [-0.2, -0.15) is 0 Å². The molecule has 0 saturated carbocycles. The SMILES string of the molecule is CCNC(=NCc1cccc(NC(C)=O)c1)NCCCN1CCCCCC1=O. The van der Waals surface area contributed by atoms with Crippen LogP contribution in [0.3, 0.4) is 0 Å². The van der Waals surface area contributed by atoms with Crippen LogP contribution in [0.4, 0.5) is 5.69 Å². The molecule has 0 aromatic heterocycles. The van der Waals surface area contributed by atoms with Gasteiger partial charge >= 0.3 is 0 Å². The second-order valence-corrected chi connectivity index (χ2v) is 7.05. The Labute approximate surface area is 168 Å². The zero-order valence-corrected chi connectivity index (χ0v) is 17.1. The maximum atomic E-state index is 12.0. The molecule has 154 valence electrons. The summed E-state index contributed by atoms with van der Waals surface area (Å²) in [5.41, 5.74) is 1.80. The van der Waals surface area contributed by atoms with Crippen molar-refractivity contribution in [3.05, 3.63) is 29.8 Å². The summed E-state index contributed by atoms with van der Waals surface area (Å²) < 4.78 is 0. The van der Waals surface area contributed by atoms with E-state index in [4.69, 9.17) is 0 Å². The lowest BCUT2D eigenvalue weighted by Crippen LogP contribution is -2.39. The number of likely N-dealkylation sites (tertiary alicyclic amines) is 1. The molecule has 0 spiro atoms. The van der Waals surface area contributed by atoms with Gasteiger partial charge in [-0.1, -0.05) is 18.6 Å². The molecule has 1 aromatic carbocycles. The Balaban J connectivity index is 1.81. The summed E-state index contributed by atoms with van der Waals surface area (Å²) in [4.78, 5) is 29.8. The average Bonchev–Trinajstić information content (AvgIpc) is 2.87. The molecule has 2 amide bonds. The van der Waals surface area contributed by atoms with Crippen molar-refractivity contribution in [3.63, 3.8) is 0 Å². The number of rotatable bonds is 8. The second-order valence-electron chi connectivity index (χ2n) is 7.05. The molecule has 28 heavy (non-hydrogen) atoms. The highest BCUT2D eigenvalue weighted by atomic mass is 16.2. The van der Waals surface area contributed by atoms with Gasteiger partial charge in [0.15, 0.2) is 5.96 Å². The van der Waals surface area contributed by atoms with Gasteiger partial charge < -0.3 is 20.9 Å². The molecule has 0 aliphatic carbocycles. The Morgan fingerprint density at radius 2 is 2.07 bits per heavy atom. The summed E-state index contributed by atoms with van der Waals surface area (Å²) >= 11 is 0. The number of nitrogens with one attached hydrogen (secondary N) is 3. The van der Waals surface area contributed by atoms with Crippen LogP contribution >= 0.6 is 0 Å². The lowest BCUT2D eigenvalue weighted by Gasteiger charge is -2.20. The van der Waals surface area contributed by atoms with Crippen molar-refractivity contribution in [3.8, 4) is 0 Å². The minimum absolute atomic E-state index is 0.0847. The van der Waals surface area contributed by atoms with Gasteiger partial charge in [-0.15, -0.1) is 0 Å². The van der Waals surface area contributed by atoms with Crippen LogP contribution in [0.2, 0.25) is 0 Å². The van der Waals surface area contributed by atoms with E-state index in [1.807, 2.05) is 36.1 Å². The zero-order valence-electron chi connectivity index (χ0n) is 17.1. The number of guanidine groups is 1. The molecule has 2 rings (SSSR count). The average molecular weight is 388 g/mol. The van der Waals surface area contributed by atoms with E-state index < -0.39 is 0 Å². The number of hydrogen-bond acceptors (Lipinski definition) is 3. The van der Waals surface area contributed by atoms with Crippen LogP contribution in [-0.4, -0.2) is 48.9 Å². The summed E-state index contributed by atoms with van der Waals surface area (Å²) in [5, 5.41) is 9.37. The lowest BCUT2D eigenvalue weighted by molar-refractivity contribution is -0.130. The highest BCUT2D eigenvalue weighted by molar-refractivity contribution is 5.88. The number of carbonyl (C=O) groups is 2. The first-order valence-corrected chi connectivity index (χ1v) is 10.2. The molecule has 1 fully saturated rings. The maximum absolute atomic E-state index is 12.0. The maximum Gasteiger partial charge on any atom is 0.222 e. The van der Waals surface area contributed by atoms with E-state index in [2.05, 4.69) is 20.9 Å². The Hall–Kier alpha value is -2.57. The van der Waals surface area contributed by atoms with E-state index in [0.29, 0.717) is 13.0 Å². The van der Waals surface area contributed by atoms with E-state index in [1.165, 1.54) is 6.92 Å². The molecule has 7 heteroatoms.